The van der Waals surface area contributed by atoms with E-state index in [4.69, 9.17) is 8.94 Å². The van der Waals surface area contributed by atoms with Gasteiger partial charge in [0.05, 0.1) is 17.9 Å². The standard InChI is InChI=1S/C18H20N4O3/c1-12-13(7-10-24-12)16-11-17(20-25-16)19-18(23)22-9-4-6-15(22)14-5-3-8-21(14)2/h3,5,7-8,10-11,15H,4,6,9H2,1-2H3,(H,19,20,23)/t15-/m0/s1. The largest absolute Gasteiger partial charge is 0.469 e. The molecule has 0 unspecified atom stereocenters. The first-order chi connectivity index (χ1) is 12.1. The lowest BCUT2D eigenvalue weighted by Crippen LogP contribution is -2.35. The van der Waals surface area contributed by atoms with Crippen molar-refractivity contribution in [2.75, 3.05) is 11.9 Å². The zero-order valence-electron chi connectivity index (χ0n) is 14.2. The van der Waals surface area contributed by atoms with Gasteiger partial charge in [-0.3, -0.25) is 5.32 Å². The third-order valence-electron chi connectivity index (χ3n) is 4.71. The molecule has 4 rings (SSSR count). The predicted molar refractivity (Wildman–Crippen MR) is 92.1 cm³/mol. The van der Waals surface area contributed by atoms with Crippen molar-refractivity contribution in [2.24, 2.45) is 7.05 Å². The summed E-state index contributed by atoms with van der Waals surface area (Å²) in [6.45, 7) is 2.58. The van der Waals surface area contributed by atoms with Crippen LogP contribution in [0.2, 0.25) is 0 Å². The van der Waals surface area contributed by atoms with E-state index < -0.39 is 0 Å². The monoisotopic (exact) mass is 340 g/mol. The van der Waals surface area contributed by atoms with Gasteiger partial charge in [-0.25, -0.2) is 4.79 Å². The van der Waals surface area contributed by atoms with Crippen molar-refractivity contribution < 1.29 is 13.7 Å². The van der Waals surface area contributed by atoms with Crippen molar-refractivity contribution in [1.82, 2.24) is 14.6 Å². The number of aryl methyl sites for hydroxylation is 2. The van der Waals surface area contributed by atoms with E-state index in [0.29, 0.717) is 11.6 Å². The summed E-state index contributed by atoms with van der Waals surface area (Å²) in [6, 6.07) is 7.51. The number of urea groups is 1. The topological polar surface area (TPSA) is 76.4 Å². The molecule has 1 atom stereocenters. The Kier molecular flexibility index (Phi) is 3.83. The summed E-state index contributed by atoms with van der Waals surface area (Å²) >= 11 is 0. The number of nitrogens with zero attached hydrogens (tertiary/aromatic N) is 3. The zero-order chi connectivity index (χ0) is 17.4. The molecule has 1 aliphatic heterocycles. The molecule has 130 valence electrons. The molecule has 0 aromatic carbocycles. The molecular weight excluding hydrogens is 320 g/mol. The Morgan fingerprint density at radius 3 is 3.00 bits per heavy atom. The van der Waals surface area contributed by atoms with Gasteiger partial charge in [0, 0.05) is 31.5 Å². The van der Waals surface area contributed by atoms with E-state index in [-0.39, 0.29) is 12.1 Å². The quantitative estimate of drug-likeness (QED) is 0.783. The Labute approximate surface area is 145 Å². The molecule has 0 spiro atoms. The minimum Gasteiger partial charge on any atom is -0.469 e. The van der Waals surface area contributed by atoms with Crippen molar-refractivity contribution in [3.05, 3.63) is 48.2 Å². The average molecular weight is 340 g/mol. The molecule has 25 heavy (non-hydrogen) atoms. The molecule has 2 amide bonds. The molecule has 7 heteroatoms. The Balaban J connectivity index is 1.50. The number of anilines is 1. The summed E-state index contributed by atoms with van der Waals surface area (Å²) in [5, 5.41) is 6.79. The fourth-order valence-electron chi connectivity index (χ4n) is 3.42. The predicted octanol–water partition coefficient (Wildman–Crippen LogP) is 3.95. The van der Waals surface area contributed by atoms with Gasteiger partial charge in [0.25, 0.3) is 0 Å². The number of likely N-dealkylation sites (tertiary alicyclic amines) is 1. The molecule has 3 aromatic heterocycles. The number of aromatic nitrogens is 2. The summed E-state index contributed by atoms with van der Waals surface area (Å²) < 4.78 is 12.7. The second-order valence-corrected chi connectivity index (χ2v) is 6.29. The lowest BCUT2D eigenvalue weighted by atomic mass is 10.1. The van der Waals surface area contributed by atoms with Gasteiger partial charge in [0.2, 0.25) is 0 Å². The number of hydrogen-bond acceptors (Lipinski definition) is 4. The maximum Gasteiger partial charge on any atom is 0.323 e. The maximum absolute atomic E-state index is 12.7. The van der Waals surface area contributed by atoms with E-state index in [1.54, 1.807) is 12.3 Å². The minimum atomic E-state index is -0.160. The molecule has 1 N–H and O–H groups in total. The Hall–Kier alpha value is -2.96. The van der Waals surface area contributed by atoms with Crippen LogP contribution in [0.15, 0.2) is 45.7 Å². The Morgan fingerprint density at radius 1 is 1.40 bits per heavy atom. The molecule has 1 aliphatic rings. The molecule has 1 fully saturated rings. The molecule has 1 saturated heterocycles. The van der Waals surface area contributed by atoms with Crippen LogP contribution in [0.25, 0.3) is 11.3 Å². The third-order valence-corrected chi connectivity index (χ3v) is 4.71. The van der Waals surface area contributed by atoms with E-state index in [2.05, 4.69) is 21.1 Å². The summed E-state index contributed by atoms with van der Waals surface area (Å²) in [5.41, 5.74) is 1.97. The van der Waals surface area contributed by atoms with Gasteiger partial charge in [-0.1, -0.05) is 5.16 Å². The second kappa shape index (κ2) is 6.16. The van der Waals surface area contributed by atoms with Crippen LogP contribution < -0.4 is 5.32 Å². The van der Waals surface area contributed by atoms with Crippen molar-refractivity contribution in [3.8, 4) is 11.3 Å². The van der Waals surface area contributed by atoms with Crippen LogP contribution >= 0.6 is 0 Å². The van der Waals surface area contributed by atoms with E-state index in [0.717, 1.165) is 36.4 Å². The first-order valence-corrected chi connectivity index (χ1v) is 8.33. The summed E-state index contributed by atoms with van der Waals surface area (Å²) in [6.07, 6.45) is 5.55. The van der Waals surface area contributed by atoms with Gasteiger partial charge in [0.1, 0.15) is 5.76 Å². The van der Waals surface area contributed by atoms with E-state index in [9.17, 15) is 4.79 Å². The first kappa shape index (κ1) is 15.6. The van der Waals surface area contributed by atoms with Gasteiger partial charge in [0.15, 0.2) is 11.6 Å². The highest BCUT2D eigenvalue weighted by Crippen LogP contribution is 2.33. The van der Waals surface area contributed by atoms with Crippen molar-refractivity contribution in [3.63, 3.8) is 0 Å². The maximum atomic E-state index is 12.7. The van der Waals surface area contributed by atoms with E-state index in [1.807, 2.05) is 37.2 Å². The van der Waals surface area contributed by atoms with Crippen molar-refractivity contribution in [1.29, 1.82) is 0 Å². The van der Waals surface area contributed by atoms with Crippen LogP contribution in [0.1, 0.15) is 30.3 Å². The first-order valence-electron chi connectivity index (χ1n) is 8.33. The normalized spacial score (nSPS) is 17.2. The molecule has 0 saturated carbocycles. The van der Waals surface area contributed by atoms with Gasteiger partial charge in [-0.15, -0.1) is 0 Å². The minimum absolute atomic E-state index is 0.0856. The highest BCUT2D eigenvalue weighted by Gasteiger charge is 2.31. The number of rotatable bonds is 3. The van der Waals surface area contributed by atoms with Gasteiger partial charge in [-0.05, 0) is 38.0 Å². The Bertz CT molecular complexity index is 892. The van der Waals surface area contributed by atoms with Crippen LogP contribution in [0.3, 0.4) is 0 Å². The number of carbonyl (C=O) groups excluding carboxylic acids is 1. The fraction of sp³-hybridized carbons (Fsp3) is 0.333. The van der Waals surface area contributed by atoms with Crippen molar-refractivity contribution >= 4 is 11.8 Å². The number of furan rings is 1. The summed E-state index contributed by atoms with van der Waals surface area (Å²) in [4.78, 5) is 14.6. The van der Waals surface area contributed by atoms with Crippen LogP contribution in [-0.2, 0) is 7.05 Å². The lowest BCUT2D eigenvalue weighted by Gasteiger charge is -2.25. The lowest BCUT2D eigenvalue weighted by molar-refractivity contribution is 0.205. The molecule has 0 aliphatic carbocycles. The summed E-state index contributed by atoms with van der Waals surface area (Å²) in [5.74, 6) is 1.72. The van der Waals surface area contributed by atoms with E-state index in [1.165, 1.54) is 0 Å². The van der Waals surface area contributed by atoms with E-state index >= 15 is 0 Å². The van der Waals surface area contributed by atoms with Crippen molar-refractivity contribution in [2.45, 2.75) is 25.8 Å². The number of nitrogens with one attached hydrogen (secondary N) is 1. The van der Waals surface area contributed by atoms with Crippen LogP contribution in [0, 0.1) is 6.92 Å². The highest BCUT2D eigenvalue weighted by molar-refractivity contribution is 5.89. The van der Waals surface area contributed by atoms with Crippen LogP contribution in [0.5, 0.6) is 0 Å². The summed E-state index contributed by atoms with van der Waals surface area (Å²) in [7, 11) is 2.00. The molecule has 3 aromatic rings. The second-order valence-electron chi connectivity index (χ2n) is 6.29. The third kappa shape index (κ3) is 2.82. The highest BCUT2D eigenvalue weighted by atomic mass is 16.5. The number of hydrogen-bond donors (Lipinski definition) is 1. The molecule has 7 nitrogen and oxygen atoms in total. The van der Waals surface area contributed by atoms with Gasteiger partial charge < -0.3 is 18.4 Å². The Morgan fingerprint density at radius 2 is 2.28 bits per heavy atom. The van der Waals surface area contributed by atoms with Crippen LogP contribution in [0.4, 0.5) is 10.6 Å². The zero-order valence-corrected chi connectivity index (χ0v) is 14.2. The average Bonchev–Trinajstić information content (AvgIpc) is 3.33. The molecule has 4 heterocycles. The fourth-order valence-corrected chi connectivity index (χ4v) is 3.42. The smallest absolute Gasteiger partial charge is 0.323 e. The number of amides is 2. The SMILES string of the molecule is Cc1occc1-c1cc(NC(=O)N2CCC[C@H]2c2cccn2C)no1. The van der Waals surface area contributed by atoms with Crippen LogP contribution in [-0.4, -0.2) is 27.2 Å². The van der Waals surface area contributed by atoms with Gasteiger partial charge >= 0.3 is 6.03 Å². The van der Waals surface area contributed by atoms with Gasteiger partial charge in [-0.2, -0.15) is 0 Å². The molecule has 0 radical (unpaired) electrons. The molecule has 0 bridgehead atoms. The molecular formula is C18H20N4O3. The number of carbonyl (C=O) groups is 1.